The van der Waals surface area contributed by atoms with Gasteiger partial charge >= 0.3 is 0 Å². The van der Waals surface area contributed by atoms with Crippen molar-refractivity contribution < 1.29 is 8.42 Å². The lowest BCUT2D eigenvalue weighted by atomic mass is 9.87. The molecule has 0 aliphatic rings. The number of likely N-dealkylation sites (N-methyl/N-ethyl adjacent to an activating group) is 1. The lowest BCUT2D eigenvalue weighted by Crippen LogP contribution is -2.30. The number of rotatable bonds is 5. The molecule has 110 valence electrons. The molecule has 0 unspecified atom stereocenters. The molecule has 4 nitrogen and oxygen atoms in total. The molecule has 1 aromatic rings. The van der Waals surface area contributed by atoms with Crippen molar-refractivity contribution >= 4 is 22.4 Å². The summed E-state index contributed by atoms with van der Waals surface area (Å²) in [5.41, 5.74) is 1.15. The third-order valence-corrected chi connectivity index (χ3v) is 4.17. The van der Waals surface area contributed by atoms with Gasteiger partial charge in [0.25, 0.3) is 0 Å². The molecular formula is C13H23ClN2O2S. The van der Waals surface area contributed by atoms with E-state index in [9.17, 15) is 8.42 Å². The van der Waals surface area contributed by atoms with Gasteiger partial charge in [0, 0.05) is 13.1 Å². The predicted octanol–water partition coefficient (Wildman–Crippen LogP) is 1.90. The van der Waals surface area contributed by atoms with Gasteiger partial charge in [-0.1, -0.05) is 32.9 Å². The Labute approximate surface area is 122 Å². The molecule has 6 heteroatoms. The third kappa shape index (κ3) is 5.48. The highest BCUT2D eigenvalue weighted by molar-refractivity contribution is 7.89. The zero-order valence-electron chi connectivity index (χ0n) is 11.9. The summed E-state index contributed by atoms with van der Waals surface area (Å²) in [6.07, 6.45) is 0. The zero-order chi connectivity index (χ0) is 13.8. The maximum Gasteiger partial charge on any atom is 0.240 e. The Kier molecular flexibility index (Phi) is 7.00. The quantitative estimate of drug-likeness (QED) is 0.817. The van der Waals surface area contributed by atoms with E-state index in [0.29, 0.717) is 18.0 Å². The molecule has 0 aromatic heterocycles. The molecule has 0 spiro atoms. The third-order valence-electron chi connectivity index (χ3n) is 2.70. The van der Waals surface area contributed by atoms with Gasteiger partial charge < -0.3 is 5.32 Å². The maximum atomic E-state index is 11.9. The van der Waals surface area contributed by atoms with Gasteiger partial charge in [0.05, 0.1) is 4.90 Å². The molecule has 0 bridgehead atoms. The summed E-state index contributed by atoms with van der Waals surface area (Å²) < 4.78 is 26.4. The smallest absolute Gasteiger partial charge is 0.240 e. The monoisotopic (exact) mass is 306 g/mol. The van der Waals surface area contributed by atoms with Crippen molar-refractivity contribution in [1.29, 1.82) is 0 Å². The van der Waals surface area contributed by atoms with E-state index in [4.69, 9.17) is 0 Å². The molecule has 0 heterocycles. The Morgan fingerprint density at radius 2 is 1.58 bits per heavy atom. The molecule has 1 rings (SSSR count). The largest absolute Gasteiger partial charge is 0.318 e. The molecule has 0 radical (unpaired) electrons. The van der Waals surface area contributed by atoms with Crippen LogP contribution in [-0.2, 0) is 15.4 Å². The van der Waals surface area contributed by atoms with Crippen molar-refractivity contribution in [1.82, 2.24) is 10.0 Å². The minimum Gasteiger partial charge on any atom is -0.318 e. The van der Waals surface area contributed by atoms with Crippen molar-refractivity contribution in [3.8, 4) is 0 Å². The predicted molar refractivity (Wildman–Crippen MR) is 81.5 cm³/mol. The molecule has 0 aliphatic carbocycles. The molecule has 2 N–H and O–H groups in total. The first-order chi connectivity index (χ1) is 8.27. The van der Waals surface area contributed by atoms with E-state index in [0.717, 1.165) is 5.56 Å². The SMILES string of the molecule is CNCCNS(=O)(=O)c1ccc(C(C)(C)C)cc1.Cl. The number of benzene rings is 1. The first kappa shape index (κ1) is 18.4. The maximum absolute atomic E-state index is 11.9. The average molecular weight is 307 g/mol. The Morgan fingerprint density at radius 1 is 1.05 bits per heavy atom. The zero-order valence-corrected chi connectivity index (χ0v) is 13.5. The van der Waals surface area contributed by atoms with E-state index in [1.54, 1.807) is 19.2 Å². The first-order valence-corrected chi connectivity index (χ1v) is 7.50. The van der Waals surface area contributed by atoms with Crippen molar-refractivity contribution in [3.63, 3.8) is 0 Å². The fraction of sp³-hybridized carbons (Fsp3) is 0.538. The number of sulfonamides is 1. The van der Waals surface area contributed by atoms with Gasteiger partial charge in [-0.2, -0.15) is 0 Å². The number of nitrogens with one attached hydrogen (secondary N) is 2. The van der Waals surface area contributed by atoms with Crippen LogP contribution in [-0.4, -0.2) is 28.6 Å². The summed E-state index contributed by atoms with van der Waals surface area (Å²) >= 11 is 0. The Hall–Kier alpha value is -0.620. The topological polar surface area (TPSA) is 58.2 Å². The second kappa shape index (κ2) is 7.24. The lowest BCUT2D eigenvalue weighted by Gasteiger charge is -2.19. The summed E-state index contributed by atoms with van der Waals surface area (Å²) in [6.45, 7) is 7.30. The van der Waals surface area contributed by atoms with Gasteiger partial charge in [-0.15, -0.1) is 12.4 Å². The van der Waals surface area contributed by atoms with Gasteiger partial charge in [-0.25, -0.2) is 13.1 Å². The highest BCUT2D eigenvalue weighted by Gasteiger charge is 2.16. The Balaban J connectivity index is 0.00000324. The first-order valence-electron chi connectivity index (χ1n) is 6.02. The number of halogens is 1. The van der Waals surface area contributed by atoms with Crippen molar-refractivity contribution in [3.05, 3.63) is 29.8 Å². The summed E-state index contributed by atoms with van der Waals surface area (Å²) in [4.78, 5) is 0.312. The summed E-state index contributed by atoms with van der Waals surface area (Å²) in [6, 6.07) is 7.05. The second-order valence-electron chi connectivity index (χ2n) is 5.28. The fourth-order valence-corrected chi connectivity index (χ4v) is 2.56. The van der Waals surface area contributed by atoms with Crippen LogP contribution in [0.1, 0.15) is 26.3 Å². The van der Waals surface area contributed by atoms with Crippen molar-refractivity contribution in [2.24, 2.45) is 0 Å². The van der Waals surface area contributed by atoms with Crippen LogP contribution in [0, 0.1) is 0 Å². The van der Waals surface area contributed by atoms with E-state index < -0.39 is 10.0 Å². The van der Waals surface area contributed by atoms with Crippen LogP contribution in [0.25, 0.3) is 0 Å². The minimum atomic E-state index is -3.38. The molecule has 1 aromatic carbocycles. The van der Waals surface area contributed by atoms with Crippen LogP contribution in [0.3, 0.4) is 0 Å². The van der Waals surface area contributed by atoms with Gasteiger partial charge in [0.15, 0.2) is 0 Å². The normalized spacial score (nSPS) is 12.0. The molecule has 0 saturated carbocycles. The fourth-order valence-electron chi connectivity index (χ4n) is 1.53. The highest BCUT2D eigenvalue weighted by Crippen LogP contribution is 2.23. The molecule has 0 saturated heterocycles. The van der Waals surface area contributed by atoms with Crippen LogP contribution in [0.5, 0.6) is 0 Å². The minimum absolute atomic E-state index is 0. The summed E-state index contributed by atoms with van der Waals surface area (Å²) in [5.74, 6) is 0. The number of hydrogen-bond acceptors (Lipinski definition) is 3. The van der Waals surface area contributed by atoms with Crippen LogP contribution in [0.4, 0.5) is 0 Å². The Bertz CT molecular complexity index is 478. The van der Waals surface area contributed by atoms with E-state index in [-0.39, 0.29) is 17.8 Å². The van der Waals surface area contributed by atoms with E-state index in [2.05, 4.69) is 30.8 Å². The molecule has 0 fully saturated rings. The highest BCUT2D eigenvalue weighted by atomic mass is 35.5. The summed E-state index contributed by atoms with van der Waals surface area (Å²) in [5, 5.41) is 2.89. The van der Waals surface area contributed by atoms with Crippen LogP contribution in [0.2, 0.25) is 0 Å². The van der Waals surface area contributed by atoms with Gasteiger partial charge in [0.1, 0.15) is 0 Å². The summed E-state index contributed by atoms with van der Waals surface area (Å²) in [7, 11) is -1.60. The molecule has 0 aliphatic heterocycles. The van der Waals surface area contributed by atoms with Gasteiger partial charge in [-0.3, -0.25) is 0 Å². The molecule has 0 amide bonds. The number of hydrogen-bond donors (Lipinski definition) is 2. The van der Waals surface area contributed by atoms with Gasteiger partial charge in [-0.05, 0) is 30.2 Å². The van der Waals surface area contributed by atoms with Crippen LogP contribution in [0.15, 0.2) is 29.2 Å². The van der Waals surface area contributed by atoms with E-state index in [1.165, 1.54) is 0 Å². The van der Waals surface area contributed by atoms with Crippen molar-refractivity contribution in [2.75, 3.05) is 20.1 Å². The molecule has 0 atom stereocenters. The Morgan fingerprint density at radius 3 is 2.00 bits per heavy atom. The molecular weight excluding hydrogens is 284 g/mol. The second-order valence-corrected chi connectivity index (χ2v) is 7.04. The van der Waals surface area contributed by atoms with E-state index in [1.807, 2.05) is 12.1 Å². The lowest BCUT2D eigenvalue weighted by molar-refractivity contribution is 0.577. The standard InChI is InChI=1S/C13H22N2O2S.ClH/c1-13(2,3)11-5-7-12(8-6-11)18(16,17)15-10-9-14-4;/h5-8,14-15H,9-10H2,1-4H3;1H. The van der Waals surface area contributed by atoms with Gasteiger partial charge in [0.2, 0.25) is 10.0 Å². The van der Waals surface area contributed by atoms with Crippen LogP contribution >= 0.6 is 12.4 Å². The van der Waals surface area contributed by atoms with Crippen LogP contribution < -0.4 is 10.0 Å². The average Bonchev–Trinajstić information content (AvgIpc) is 2.28. The molecule has 19 heavy (non-hydrogen) atoms. The van der Waals surface area contributed by atoms with E-state index >= 15 is 0 Å². The van der Waals surface area contributed by atoms with Crippen molar-refractivity contribution in [2.45, 2.75) is 31.1 Å².